The fraction of sp³-hybridized carbons (Fsp3) is 0.333. The Bertz CT molecular complexity index is 405. The zero-order valence-electron chi connectivity index (χ0n) is 9.39. The molecule has 0 atom stereocenters. The van der Waals surface area contributed by atoms with E-state index in [0.717, 1.165) is 17.7 Å². The molecular formula is C12H14N2O3. The molecule has 1 aromatic carbocycles. The molecule has 0 unspecified atom stereocenters. The van der Waals surface area contributed by atoms with Crippen molar-refractivity contribution in [3.8, 4) is 5.75 Å². The molecule has 0 spiro atoms. The maximum atomic E-state index is 11.8. The van der Waals surface area contributed by atoms with Crippen LogP contribution in [0.15, 0.2) is 30.3 Å². The third kappa shape index (κ3) is 2.96. The van der Waals surface area contributed by atoms with Gasteiger partial charge in [-0.05, 0) is 25.0 Å². The number of carbonyl (C=O) groups is 2. The molecule has 0 aromatic heterocycles. The monoisotopic (exact) mass is 234 g/mol. The molecule has 0 bridgehead atoms. The van der Waals surface area contributed by atoms with Crippen LogP contribution in [0.1, 0.15) is 12.8 Å². The molecule has 90 valence electrons. The molecule has 0 radical (unpaired) electrons. The van der Waals surface area contributed by atoms with Gasteiger partial charge in [-0.25, -0.2) is 14.5 Å². The summed E-state index contributed by atoms with van der Waals surface area (Å²) >= 11 is 0. The van der Waals surface area contributed by atoms with Gasteiger partial charge in [0.1, 0.15) is 5.75 Å². The van der Waals surface area contributed by atoms with Crippen LogP contribution in [0.5, 0.6) is 5.75 Å². The summed E-state index contributed by atoms with van der Waals surface area (Å²) in [5.41, 5.74) is 0. The number of nitrogens with zero attached hydrogens (tertiary/aromatic N) is 1. The molecule has 0 aliphatic carbocycles. The van der Waals surface area contributed by atoms with Gasteiger partial charge in [0.05, 0.1) is 0 Å². The smallest absolute Gasteiger partial charge is 0.410 e. The van der Waals surface area contributed by atoms with Crippen molar-refractivity contribution in [3.05, 3.63) is 30.3 Å². The van der Waals surface area contributed by atoms with Gasteiger partial charge in [-0.3, -0.25) is 0 Å². The van der Waals surface area contributed by atoms with E-state index < -0.39 is 6.09 Å². The molecule has 0 saturated carbocycles. The summed E-state index contributed by atoms with van der Waals surface area (Å²) in [5, 5.41) is 2.65. The predicted molar refractivity (Wildman–Crippen MR) is 61.8 cm³/mol. The van der Waals surface area contributed by atoms with Gasteiger partial charge in [0.25, 0.3) is 0 Å². The van der Waals surface area contributed by atoms with E-state index in [1.165, 1.54) is 0 Å². The lowest BCUT2D eigenvalue weighted by molar-refractivity contribution is 0.156. The van der Waals surface area contributed by atoms with Crippen LogP contribution in [0, 0.1) is 0 Å². The van der Waals surface area contributed by atoms with E-state index in [1.807, 2.05) is 6.07 Å². The zero-order valence-corrected chi connectivity index (χ0v) is 9.39. The minimum atomic E-state index is -0.629. The lowest BCUT2D eigenvalue weighted by Gasteiger charge is -2.17. The lowest BCUT2D eigenvalue weighted by atomic mass is 10.3. The fourth-order valence-electron chi connectivity index (χ4n) is 1.61. The first-order valence-electron chi connectivity index (χ1n) is 5.59. The summed E-state index contributed by atoms with van der Waals surface area (Å²) in [6, 6.07) is 8.33. The number of hydrogen-bond donors (Lipinski definition) is 1. The molecule has 1 aliphatic rings. The van der Waals surface area contributed by atoms with Crippen LogP contribution in [-0.4, -0.2) is 30.1 Å². The summed E-state index contributed by atoms with van der Waals surface area (Å²) < 4.78 is 5.11. The number of hydrogen-bond acceptors (Lipinski definition) is 3. The summed E-state index contributed by atoms with van der Waals surface area (Å²) in [5.74, 6) is 0.439. The number of rotatable bonds is 1. The average molecular weight is 234 g/mol. The van der Waals surface area contributed by atoms with E-state index in [9.17, 15) is 9.59 Å². The molecule has 1 aromatic rings. The molecule has 3 amide bonds. The van der Waals surface area contributed by atoms with Crippen LogP contribution < -0.4 is 10.1 Å². The number of para-hydroxylation sites is 1. The highest BCUT2D eigenvalue weighted by atomic mass is 16.6. The van der Waals surface area contributed by atoms with Gasteiger partial charge < -0.3 is 10.1 Å². The summed E-state index contributed by atoms with van der Waals surface area (Å²) in [7, 11) is 0. The molecule has 5 nitrogen and oxygen atoms in total. The highest BCUT2D eigenvalue weighted by Gasteiger charge is 2.24. The topological polar surface area (TPSA) is 58.6 Å². The molecule has 1 fully saturated rings. The first-order valence-corrected chi connectivity index (χ1v) is 5.59. The van der Waals surface area contributed by atoms with E-state index in [-0.39, 0.29) is 6.03 Å². The molecule has 1 N–H and O–H groups in total. The Labute approximate surface area is 99.4 Å². The minimum Gasteiger partial charge on any atom is -0.410 e. The highest BCUT2D eigenvalue weighted by Crippen LogP contribution is 2.11. The van der Waals surface area contributed by atoms with Gasteiger partial charge in [-0.15, -0.1) is 0 Å². The van der Waals surface area contributed by atoms with Gasteiger partial charge in [-0.2, -0.15) is 0 Å². The zero-order chi connectivity index (χ0) is 12.1. The van der Waals surface area contributed by atoms with Crippen molar-refractivity contribution in [1.82, 2.24) is 10.2 Å². The Morgan fingerprint density at radius 3 is 2.76 bits per heavy atom. The van der Waals surface area contributed by atoms with Crippen LogP contribution in [0.3, 0.4) is 0 Å². The van der Waals surface area contributed by atoms with Crippen molar-refractivity contribution >= 4 is 12.1 Å². The highest BCUT2D eigenvalue weighted by molar-refractivity contribution is 5.91. The molecule has 17 heavy (non-hydrogen) atoms. The fourth-order valence-corrected chi connectivity index (χ4v) is 1.61. The van der Waals surface area contributed by atoms with E-state index in [0.29, 0.717) is 18.8 Å². The third-order valence-electron chi connectivity index (χ3n) is 2.50. The van der Waals surface area contributed by atoms with E-state index >= 15 is 0 Å². The van der Waals surface area contributed by atoms with E-state index in [1.54, 1.807) is 24.3 Å². The maximum absolute atomic E-state index is 11.8. The molecule has 1 saturated heterocycles. The number of carbonyl (C=O) groups excluding carboxylic acids is 2. The Hall–Kier alpha value is -2.04. The van der Waals surface area contributed by atoms with Gasteiger partial charge in [-0.1, -0.05) is 18.2 Å². The van der Waals surface area contributed by atoms with Crippen molar-refractivity contribution in [2.24, 2.45) is 0 Å². The lowest BCUT2D eigenvalue weighted by Crippen LogP contribution is -2.43. The Morgan fingerprint density at radius 2 is 2.00 bits per heavy atom. The molecular weight excluding hydrogens is 220 g/mol. The summed E-state index contributed by atoms with van der Waals surface area (Å²) in [4.78, 5) is 24.4. The average Bonchev–Trinajstić information content (AvgIpc) is 2.55. The second-order valence-corrected chi connectivity index (χ2v) is 3.77. The number of ether oxygens (including phenoxy) is 1. The Balaban J connectivity index is 2.01. The first kappa shape index (κ1) is 11.4. The Morgan fingerprint density at radius 1 is 1.24 bits per heavy atom. The van der Waals surface area contributed by atoms with Gasteiger partial charge in [0.2, 0.25) is 0 Å². The third-order valence-corrected chi connectivity index (χ3v) is 2.50. The van der Waals surface area contributed by atoms with Crippen molar-refractivity contribution < 1.29 is 14.3 Å². The standard InChI is InChI=1S/C12H14N2O3/c15-11-13-8-4-5-9-14(11)12(16)17-10-6-2-1-3-7-10/h1-3,6-7H,4-5,8-9H2,(H,13,15). The van der Waals surface area contributed by atoms with Crippen LogP contribution in [0.4, 0.5) is 9.59 Å². The molecule has 1 aliphatic heterocycles. The van der Waals surface area contributed by atoms with Crippen LogP contribution in [0.25, 0.3) is 0 Å². The quantitative estimate of drug-likeness (QED) is 0.808. The summed E-state index contributed by atoms with van der Waals surface area (Å²) in [6.45, 7) is 1.01. The van der Waals surface area contributed by atoms with E-state index in [4.69, 9.17) is 4.74 Å². The van der Waals surface area contributed by atoms with Crippen molar-refractivity contribution in [2.75, 3.05) is 13.1 Å². The number of amides is 3. The summed E-state index contributed by atoms with van der Waals surface area (Å²) in [6.07, 6.45) is 1.04. The Kier molecular flexibility index (Phi) is 3.59. The normalized spacial score (nSPS) is 16.0. The minimum absolute atomic E-state index is 0.386. The predicted octanol–water partition coefficient (Wildman–Crippen LogP) is 1.99. The van der Waals surface area contributed by atoms with Crippen LogP contribution in [0.2, 0.25) is 0 Å². The second-order valence-electron chi connectivity index (χ2n) is 3.77. The SMILES string of the molecule is O=C1NCCCCN1C(=O)Oc1ccccc1. The van der Waals surface area contributed by atoms with Gasteiger partial charge >= 0.3 is 12.1 Å². The number of nitrogens with one attached hydrogen (secondary N) is 1. The number of imide groups is 1. The first-order chi connectivity index (χ1) is 8.27. The van der Waals surface area contributed by atoms with Crippen molar-refractivity contribution in [3.63, 3.8) is 0 Å². The molecule has 5 heteroatoms. The van der Waals surface area contributed by atoms with Crippen LogP contribution >= 0.6 is 0 Å². The van der Waals surface area contributed by atoms with Crippen LogP contribution in [-0.2, 0) is 0 Å². The number of urea groups is 1. The van der Waals surface area contributed by atoms with Crippen molar-refractivity contribution in [1.29, 1.82) is 0 Å². The molecule has 1 heterocycles. The van der Waals surface area contributed by atoms with Gasteiger partial charge in [0.15, 0.2) is 0 Å². The molecule has 2 rings (SSSR count). The number of benzene rings is 1. The van der Waals surface area contributed by atoms with E-state index in [2.05, 4.69) is 5.32 Å². The maximum Gasteiger partial charge on any atom is 0.423 e. The van der Waals surface area contributed by atoms with Gasteiger partial charge in [0, 0.05) is 13.1 Å². The van der Waals surface area contributed by atoms with Crippen molar-refractivity contribution in [2.45, 2.75) is 12.8 Å². The second kappa shape index (κ2) is 5.34. The largest absolute Gasteiger partial charge is 0.423 e.